The van der Waals surface area contributed by atoms with Crippen molar-refractivity contribution in [1.29, 1.82) is 0 Å². The van der Waals surface area contributed by atoms with Crippen molar-refractivity contribution in [3.8, 4) is 0 Å². The van der Waals surface area contributed by atoms with Gasteiger partial charge >= 0.3 is 0 Å². The summed E-state index contributed by atoms with van der Waals surface area (Å²) in [6.07, 6.45) is 0.163. The molecule has 1 aromatic carbocycles. The normalized spacial score (nSPS) is 19.5. The van der Waals surface area contributed by atoms with Crippen molar-refractivity contribution in [1.82, 2.24) is 4.90 Å². The molecule has 23 heavy (non-hydrogen) atoms. The molecule has 0 radical (unpaired) electrons. The topological polar surface area (TPSA) is 61.8 Å². The number of aryl methyl sites for hydroxylation is 2. The minimum Gasteiger partial charge on any atom is -0.326 e. The summed E-state index contributed by atoms with van der Waals surface area (Å²) in [6, 6.07) is 5.93. The van der Waals surface area contributed by atoms with Gasteiger partial charge in [-0.15, -0.1) is 0 Å². The second kappa shape index (κ2) is 7.64. The van der Waals surface area contributed by atoms with Crippen molar-refractivity contribution in [2.75, 3.05) is 18.4 Å². The molecule has 2 rings (SSSR count). The number of thioether (sulfide) groups is 1. The van der Waals surface area contributed by atoms with Crippen LogP contribution in [0.15, 0.2) is 23.2 Å². The fraction of sp³-hybridized carbons (Fsp3) is 0.471. The van der Waals surface area contributed by atoms with Crippen LogP contribution in [0.3, 0.4) is 0 Å². The van der Waals surface area contributed by atoms with Gasteiger partial charge in [-0.2, -0.15) is 0 Å². The highest BCUT2D eigenvalue weighted by Crippen LogP contribution is 2.29. The van der Waals surface area contributed by atoms with E-state index in [9.17, 15) is 9.59 Å². The lowest BCUT2D eigenvalue weighted by Gasteiger charge is -2.13. The Morgan fingerprint density at radius 2 is 2.09 bits per heavy atom. The van der Waals surface area contributed by atoms with Crippen LogP contribution in [-0.2, 0) is 9.59 Å². The van der Waals surface area contributed by atoms with Crippen LogP contribution < -0.4 is 5.32 Å². The summed E-state index contributed by atoms with van der Waals surface area (Å²) < 4.78 is 0. The Labute approximate surface area is 141 Å². The van der Waals surface area contributed by atoms with E-state index in [0.29, 0.717) is 13.1 Å². The monoisotopic (exact) mass is 333 g/mol. The van der Waals surface area contributed by atoms with E-state index in [1.54, 1.807) is 4.90 Å². The van der Waals surface area contributed by atoms with Crippen molar-refractivity contribution >= 4 is 34.4 Å². The number of rotatable bonds is 5. The molecule has 5 nitrogen and oxygen atoms in total. The van der Waals surface area contributed by atoms with Crippen molar-refractivity contribution in [3.63, 3.8) is 0 Å². The standard InChI is InChI=1S/C17H23N3O2S/c1-5-18-17-20(6-2)16(22)14(23-17)10-15(21)19-13-9-11(3)7-8-12(13)4/h7-9,14H,5-6,10H2,1-4H3,(H,19,21). The molecular formula is C17H23N3O2S. The van der Waals surface area contributed by atoms with Gasteiger partial charge in [0.1, 0.15) is 5.25 Å². The van der Waals surface area contributed by atoms with Gasteiger partial charge in [0.2, 0.25) is 11.8 Å². The SMILES string of the molecule is CCN=C1SC(CC(=O)Nc2cc(C)ccc2C)C(=O)N1CC. The summed E-state index contributed by atoms with van der Waals surface area (Å²) in [6.45, 7) is 9.01. The number of carbonyl (C=O) groups excluding carboxylic acids is 2. The highest BCUT2D eigenvalue weighted by atomic mass is 32.2. The Balaban J connectivity index is 2.04. The smallest absolute Gasteiger partial charge is 0.242 e. The molecule has 0 bridgehead atoms. The van der Waals surface area contributed by atoms with Crippen molar-refractivity contribution in [2.24, 2.45) is 4.99 Å². The molecule has 1 N–H and O–H groups in total. The van der Waals surface area contributed by atoms with Crippen LogP contribution in [0.1, 0.15) is 31.4 Å². The van der Waals surface area contributed by atoms with Crippen LogP contribution in [0.25, 0.3) is 0 Å². The minimum absolute atomic E-state index is 0.0270. The maximum atomic E-state index is 12.4. The Hall–Kier alpha value is -1.82. The summed E-state index contributed by atoms with van der Waals surface area (Å²) in [5.74, 6) is -0.167. The van der Waals surface area contributed by atoms with E-state index < -0.39 is 0 Å². The second-order valence-corrected chi connectivity index (χ2v) is 6.69. The predicted octanol–water partition coefficient (Wildman–Crippen LogP) is 2.97. The van der Waals surface area contributed by atoms with E-state index in [4.69, 9.17) is 0 Å². The molecule has 1 atom stereocenters. The first-order chi connectivity index (χ1) is 11.0. The number of anilines is 1. The van der Waals surface area contributed by atoms with Gasteiger partial charge in [-0.1, -0.05) is 23.9 Å². The zero-order valence-electron chi connectivity index (χ0n) is 14.0. The first-order valence-corrected chi connectivity index (χ1v) is 8.73. The number of hydrogen-bond donors (Lipinski definition) is 1. The number of amides is 2. The lowest BCUT2D eigenvalue weighted by molar-refractivity contribution is -0.128. The molecule has 1 heterocycles. The van der Waals surface area contributed by atoms with Crippen LogP contribution in [0.5, 0.6) is 0 Å². The number of nitrogens with one attached hydrogen (secondary N) is 1. The van der Waals surface area contributed by atoms with Gasteiger partial charge in [0.25, 0.3) is 0 Å². The number of benzene rings is 1. The van der Waals surface area contributed by atoms with Crippen LogP contribution >= 0.6 is 11.8 Å². The summed E-state index contributed by atoms with van der Waals surface area (Å²) in [5.41, 5.74) is 2.91. The summed E-state index contributed by atoms with van der Waals surface area (Å²) in [7, 11) is 0. The maximum Gasteiger partial charge on any atom is 0.242 e. The van der Waals surface area contributed by atoms with Crippen molar-refractivity contribution in [3.05, 3.63) is 29.3 Å². The molecule has 1 fully saturated rings. The molecule has 1 aliphatic rings. The number of hydrogen-bond acceptors (Lipinski definition) is 4. The molecule has 1 unspecified atom stereocenters. The van der Waals surface area contributed by atoms with Crippen LogP contribution in [0, 0.1) is 13.8 Å². The summed E-state index contributed by atoms with van der Waals surface area (Å²) in [4.78, 5) is 30.7. The van der Waals surface area contributed by atoms with Gasteiger partial charge in [-0.05, 0) is 44.9 Å². The first-order valence-electron chi connectivity index (χ1n) is 7.85. The second-order valence-electron chi connectivity index (χ2n) is 5.52. The maximum absolute atomic E-state index is 12.4. The van der Waals surface area contributed by atoms with Gasteiger partial charge in [0.15, 0.2) is 5.17 Å². The average Bonchev–Trinajstić information content (AvgIpc) is 2.78. The molecular weight excluding hydrogens is 310 g/mol. The molecule has 6 heteroatoms. The van der Waals surface area contributed by atoms with Gasteiger partial charge < -0.3 is 5.32 Å². The largest absolute Gasteiger partial charge is 0.326 e. The molecule has 0 saturated carbocycles. The van der Waals surface area contributed by atoms with E-state index in [-0.39, 0.29) is 23.5 Å². The lowest BCUT2D eigenvalue weighted by atomic mass is 10.1. The molecule has 0 spiro atoms. The Bertz CT molecular complexity index is 643. The molecule has 0 aromatic heterocycles. The lowest BCUT2D eigenvalue weighted by Crippen LogP contribution is -2.33. The summed E-state index contributed by atoms with van der Waals surface area (Å²) >= 11 is 1.39. The molecule has 124 valence electrons. The predicted molar refractivity (Wildman–Crippen MR) is 95.9 cm³/mol. The van der Waals surface area contributed by atoms with E-state index in [0.717, 1.165) is 22.0 Å². The molecule has 1 aromatic rings. The highest BCUT2D eigenvalue weighted by molar-refractivity contribution is 8.15. The number of carbonyl (C=O) groups is 2. The number of amidine groups is 1. The zero-order valence-corrected chi connectivity index (χ0v) is 14.9. The average molecular weight is 333 g/mol. The van der Waals surface area contributed by atoms with Crippen molar-refractivity contribution < 1.29 is 9.59 Å². The summed E-state index contributed by atoms with van der Waals surface area (Å²) in [5, 5.41) is 3.26. The van der Waals surface area contributed by atoms with Crippen LogP contribution in [0.2, 0.25) is 0 Å². The fourth-order valence-electron chi connectivity index (χ4n) is 2.43. The molecule has 1 saturated heterocycles. The highest BCUT2D eigenvalue weighted by Gasteiger charge is 2.38. The van der Waals surface area contributed by atoms with Crippen LogP contribution in [-0.4, -0.2) is 40.2 Å². The molecule has 0 aliphatic carbocycles. The van der Waals surface area contributed by atoms with E-state index in [1.807, 2.05) is 45.9 Å². The van der Waals surface area contributed by atoms with Crippen LogP contribution in [0.4, 0.5) is 5.69 Å². The van der Waals surface area contributed by atoms with Gasteiger partial charge in [-0.25, -0.2) is 0 Å². The van der Waals surface area contributed by atoms with Gasteiger partial charge in [-0.3, -0.25) is 19.5 Å². The Kier molecular flexibility index (Phi) is 5.82. The third-order valence-corrected chi connectivity index (χ3v) is 4.88. The van der Waals surface area contributed by atoms with E-state index in [2.05, 4.69) is 10.3 Å². The van der Waals surface area contributed by atoms with Crippen molar-refractivity contribution in [2.45, 2.75) is 39.4 Å². The zero-order chi connectivity index (χ0) is 17.0. The molecule has 1 aliphatic heterocycles. The van der Waals surface area contributed by atoms with Gasteiger partial charge in [0.05, 0.1) is 0 Å². The Morgan fingerprint density at radius 1 is 1.35 bits per heavy atom. The van der Waals surface area contributed by atoms with E-state index in [1.165, 1.54) is 11.8 Å². The number of aliphatic imine (C=N–C) groups is 1. The quantitative estimate of drug-likeness (QED) is 0.901. The molecule has 2 amide bonds. The Morgan fingerprint density at radius 3 is 2.74 bits per heavy atom. The third-order valence-electron chi connectivity index (χ3n) is 3.67. The van der Waals surface area contributed by atoms with Gasteiger partial charge in [0, 0.05) is 25.2 Å². The minimum atomic E-state index is -0.384. The van der Waals surface area contributed by atoms with E-state index >= 15 is 0 Å². The first kappa shape index (κ1) is 17.5. The third kappa shape index (κ3) is 4.13. The number of nitrogens with zero attached hydrogens (tertiary/aromatic N) is 2. The fourth-order valence-corrected chi connectivity index (χ4v) is 3.69.